The highest BCUT2D eigenvalue weighted by Crippen LogP contribution is 2.21. The monoisotopic (exact) mass is 305 g/mol. The minimum atomic E-state index is -1.10. The van der Waals surface area contributed by atoms with Crippen LogP contribution in [-0.2, 0) is 6.54 Å². The van der Waals surface area contributed by atoms with E-state index in [-0.39, 0.29) is 11.4 Å². The molecule has 0 unspecified atom stereocenters. The van der Waals surface area contributed by atoms with E-state index in [2.05, 4.69) is 5.10 Å². The van der Waals surface area contributed by atoms with Gasteiger partial charge in [-0.2, -0.15) is 0 Å². The predicted octanol–water partition coefficient (Wildman–Crippen LogP) is 1.58. The van der Waals surface area contributed by atoms with Gasteiger partial charge in [-0.05, 0) is 24.3 Å². The number of pyridine rings is 1. The molecule has 3 heterocycles. The number of hydrogen-bond acceptors (Lipinski definition) is 5. The highest BCUT2D eigenvalue weighted by Gasteiger charge is 2.10. The van der Waals surface area contributed by atoms with Crippen LogP contribution in [0.5, 0.6) is 0 Å². The van der Waals surface area contributed by atoms with E-state index in [1.807, 2.05) is 6.07 Å². The maximum atomic E-state index is 12.0. The molecule has 1 N–H and O–H groups in total. The van der Waals surface area contributed by atoms with E-state index in [1.165, 1.54) is 26.9 Å². The lowest BCUT2D eigenvalue weighted by molar-refractivity contribution is 0.0656. The summed E-state index contributed by atoms with van der Waals surface area (Å²) in [5, 5.41) is 13.5. The van der Waals surface area contributed by atoms with Gasteiger partial charge in [-0.3, -0.25) is 4.40 Å². The molecule has 0 radical (unpaired) electrons. The highest BCUT2D eigenvalue weighted by atomic mass is 32.2. The summed E-state index contributed by atoms with van der Waals surface area (Å²) in [5.41, 5.74) is 0.399. The lowest BCUT2D eigenvalue weighted by atomic mass is 10.5. The van der Waals surface area contributed by atoms with Crippen LogP contribution in [0, 0.1) is 0 Å². The van der Waals surface area contributed by atoms with E-state index in [4.69, 9.17) is 9.52 Å². The number of carboxylic acid groups (broad SMARTS) is 1. The number of nitrogens with zero attached hydrogens (tertiary/aromatic N) is 3. The number of carbonyl (C=O) groups is 1. The Labute approximate surface area is 122 Å². The maximum Gasteiger partial charge on any atom is 0.371 e. The molecule has 0 saturated carbocycles. The largest absolute Gasteiger partial charge is 0.475 e. The number of carboxylic acids is 1. The van der Waals surface area contributed by atoms with Crippen molar-refractivity contribution in [3.05, 3.63) is 52.8 Å². The average molecular weight is 305 g/mol. The van der Waals surface area contributed by atoms with Crippen LogP contribution in [0.1, 0.15) is 10.6 Å². The normalized spacial score (nSPS) is 11.0. The third-order valence-electron chi connectivity index (χ3n) is 2.83. The van der Waals surface area contributed by atoms with Crippen molar-refractivity contribution >= 4 is 23.4 Å². The molecule has 0 fully saturated rings. The van der Waals surface area contributed by atoms with Gasteiger partial charge in [-0.1, -0.05) is 17.8 Å². The molecule has 0 aliphatic rings. The van der Waals surface area contributed by atoms with E-state index in [9.17, 15) is 9.59 Å². The highest BCUT2D eigenvalue weighted by molar-refractivity contribution is 7.99. The van der Waals surface area contributed by atoms with Gasteiger partial charge in [0.05, 0.1) is 6.54 Å². The topological polar surface area (TPSA) is 89.7 Å². The fraction of sp³-hybridized carbons (Fsp3) is 0.154. The van der Waals surface area contributed by atoms with Gasteiger partial charge in [-0.25, -0.2) is 14.3 Å². The summed E-state index contributed by atoms with van der Waals surface area (Å²) in [6, 6.07) is 8.35. The third-order valence-corrected chi connectivity index (χ3v) is 3.72. The zero-order valence-electron chi connectivity index (χ0n) is 10.8. The summed E-state index contributed by atoms with van der Waals surface area (Å²) in [6.45, 7) is 0.411. The summed E-state index contributed by atoms with van der Waals surface area (Å²) in [5.74, 6) is -0.642. The zero-order chi connectivity index (χ0) is 14.8. The van der Waals surface area contributed by atoms with Crippen LogP contribution in [0.25, 0.3) is 5.65 Å². The van der Waals surface area contributed by atoms with Crippen molar-refractivity contribution in [2.45, 2.75) is 11.6 Å². The van der Waals surface area contributed by atoms with Gasteiger partial charge in [0.25, 0.3) is 0 Å². The molecule has 0 aromatic carbocycles. The van der Waals surface area contributed by atoms with Gasteiger partial charge < -0.3 is 9.52 Å². The second kappa shape index (κ2) is 5.49. The Morgan fingerprint density at radius 3 is 2.90 bits per heavy atom. The van der Waals surface area contributed by atoms with Crippen molar-refractivity contribution in [1.29, 1.82) is 0 Å². The van der Waals surface area contributed by atoms with E-state index in [0.717, 1.165) is 0 Å². The first-order valence-electron chi connectivity index (χ1n) is 6.15. The Balaban J connectivity index is 1.67. The minimum absolute atomic E-state index is 0.0950. The number of aromatic nitrogens is 3. The molecule has 0 aliphatic carbocycles. The van der Waals surface area contributed by atoms with Crippen LogP contribution in [0.2, 0.25) is 0 Å². The van der Waals surface area contributed by atoms with Gasteiger partial charge in [0, 0.05) is 11.9 Å². The van der Waals surface area contributed by atoms with Crippen LogP contribution in [0.15, 0.2) is 50.8 Å². The Kier molecular flexibility index (Phi) is 3.53. The number of aromatic carboxylic acids is 1. The zero-order valence-corrected chi connectivity index (χ0v) is 11.6. The number of thioether (sulfide) groups is 1. The average Bonchev–Trinajstić information content (AvgIpc) is 3.06. The number of rotatable bonds is 5. The maximum absolute atomic E-state index is 12.0. The molecule has 0 saturated heterocycles. The van der Waals surface area contributed by atoms with Crippen LogP contribution >= 0.6 is 11.8 Å². The first-order chi connectivity index (χ1) is 10.1. The van der Waals surface area contributed by atoms with Crippen molar-refractivity contribution < 1.29 is 14.3 Å². The molecule has 8 heteroatoms. The third kappa shape index (κ3) is 2.70. The Hall–Kier alpha value is -2.48. The number of furan rings is 1. The molecule has 0 amide bonds. The number of hydrogen-bond donors (Lipinski definition) is 1. The van der Waals surface area contributed by atoms with Crippen molar-refractivity contribution in [3.63, 3.8) is 0 Å². The summed E-state index contributed by atoms with van der Waals surface area (Å²) in [7, 11) is 0. The van der Waals surface area contributed by atoms with Crippen molar-refractivity contribution in [1.82, 2.24) is 14.2 Å². The Morgan fingerprint density at radius 1 is 1.33 bits per heavy atom. The molecule has 0 spiro atoms. The van der Waals surface area contributed by atoms with E-state index in [1.54, 1.807) is 24.4 Å². The van der Waals surface area contributed by atoms with Gasteiger partial charge >= 0.3 is 11.7 Å². The van der Waals surface area contributed by atoms with Crippen LogP contribution in [-0.4, -0.2) is 31.0 Å². The lowest BCUT2D eigenvalue weighted by Crippen LogP contribution is -2.21. The first-order valence-corrected chi connectivity index (χ1v) is 7.14. The molecule has 21 heavy (non-hydrogen) atoms. The Bertz CT molecular complexity index is 848. The number of fused-ring (bicyclic) bond motifs is 1. The fourth-order valence-corrected chi connectivity index (χ4v) is 2.64. The molecule has 3 aromatic heterocycles. The molecule has 108 valence electrons. The minimum Gasteiger partial charge on any atom is -0.475 e. The van der Waals surface area contributed by atoms with Gasteiger partial charge in [-0.15, -0.1) is 5.10 Å². The summed E-state index contributed by atoms with van der Waals surface area (Å²) < 4.78 is 7.97. The number of aryl methyl sites for hydroxylation is 1. The quantitative estimate of drug-likeness (QED) is 0.720. The smallest absolute Gasteiger partial charge is 0.371 e. The van der Waals surface area contributed by atoms with Crippen LogP contribution in [0.3, 0.4) is 0 Å². The Morgan fingerprint density at radius 2 is 2.19 bits per heavy atom. The summed E-state index contributed by atoms with van der Waals surface area (Å²) in [4.78, 5) is 22.7. The molecule has 0 atom stereocenters. The van der Waals surface area contributed by atoms with Crippen molar-refractivity contribution in [2.75, 3.05) is 5.75 Å². The lowest BCUT2D eigenvalue weighted by Gasteiger charge is -1.97. The fourth-order valence-electron chi connectivity index (χ4n) is 1.86. The molecule has 0 aliphatic heterocycles. The molecule has 3 aromatic rings. The predicted molar refractivity (Wildman–Crippen MR) is 75.8 cm³/mol. The van der Waals surface area contributed by atoms with Gasteiger partial charge in [0.15, 0.2) is 10.7 Å². The van der Waals surface area contributed by atoms with E-state index >= 15 is 0 Å². The summed E-state index contributed by atoms with van der Waals surface area (Å²) >= 11 is 1.33. The van der Waals surface area contributed by atoms with Crippen molar-refractivity contribution in [2.24, 2.45) is 0 Å². The van der Waals surface area contributed by atoms with Gasteiger partial charge in [0.2, 0.25) is 5.76 Å². The SMILES string of the molecule is O=C(O)c1ccc(SCCn2nc3ccccn3c2=O)o1. The van der Waals surface area contributed by atoms with Crippen LogP contribution < -0.4 is 5.69 Å². The molecule has 3 rings (SSSR count). The van der Waals surface area contributed by atoms with E-state index in [0.29, 0.717) is 23.0 Å². The molecular formula is C13H11N3O4S. The second-order valence-electron chi connectivity index (χ2n) is 4.21. The molecular weight excluding hydrogens is 294 g/mol. The van der Waals surface area contributed by atoms with Crippen molar-refractivity contribution in [3.8, 4) is 0 Å². The van der Waals surface area contributed by atoms with Crippen LogP contribution in [0.4, 0.5) is 0 Å². The summed E-state index contributed by atoms with van der Waals surface area (Å²) in [6.07, 6.45) is 1.67. The van der Waals surface area contributed by atoms with E-state index < -0.39 is 5.97 Å². The second-order valence-corrected chi connectivity index (χ2v) is 5.31. The van der Waals surface area contributed by atoms with Gasteiger partial charge in [0.1, 0.15) is 0 Å². The standard InChI is InChI=1S/C13H11N3O4S/c17-12(18)9-4-5-11(20-9)21-8-7-16-13(19)15-6-2-1-3-10(15)14-16/h1-6H,7-8H2,(H,17,18). The first kappa shape index (κ1) is 13.5. The molecule has 0 bridgehead atoms. The molecule has 7 nitrogen and oxygen atoms in total.